The zero-order valence-electron chi connectivity index (χ0n) is 9.40. The number of esters is 1. The van der Waals surface area contributed by atoms with Crippen molar-refractivity contribution in [3.63, 3.8) is 0 Å². The Morgan fingerprint density at radius 2 is 1.88 bits per heavy atom. The van der Waals surface area contributed by atoms with Gasteiger partial charge in [0.05, 0.1) is 0 Å². The molecule has 0 aromatic heterocycles. The van der Waals surface area contributed by atoms with Crippen LogP contribution in [-0.2, 0) is 9.53 Å². The molecule has 0 aliphatic carbocycles. The molecule has 0 aliphatic rings. The summed E-state index contributed by atoms with van der Waals surface area (Å²) in [6.07, 6.45) is 2.25. The molecule has 1 aromatic rings. The van der Waals surface area contributed by atoms with E-state index in [1.165, 1.54) is 6.92 Å². The van der Waals surface area contributed by atoms with Gasteiger partial charge in [-0.3, -0.25) is 9.59 Å². The first-order valence-corrected chi connectivity index (χ1v) is 5.13. The van der Waals surface area contributed by atoms with E-state index in [2.05, 4.69) is 0 Å². The maximum Gasteiger partial charge on any atom is 0.308 e. The smallest absolute Gasteiger partial charge is 0.308 e. The van der Waals surface area contributed by atoms with Gasteiger partial charge in [-0.1, -0.05) is 37.3 Å². The monoisotopic (exact) mass is 218 g/mol. The van der Waals surface area contributed by atoms with Crippen molar-refractivity contribution in [1.82, 2.24) is 0 Å². The Kier molecular flexibility index (Phi) is 4.45. The predicted octanol–water partition coefficient (Wildman–Crippen LogP) is 2.73. The Hall–Kier alpha value is -1.90. The van der Waals surface area contributed by atoms with E-state index < -0.39 is 5.97 Å². The van der Waals surface area contributed by atoms with Crippen molar-refractivity contribution in [3.8, 4) is 0 Å². The quantitative estimate of drug-likeness (QED) is 0.338. The Labute approximate surface area is 94.7 Å². The van der Waals surface area contributed by atoms with Crippen LogP contribution in [0.15, 0.2) is 42.2 Å². The van der Waals surface area contributed by atoms with Gasteiger partial charge in [0.1, 0.15) is 0 Å². The summed E-state index contributed by atoms with van der Waals surface area (Å²) < 4.78 is 4.88. The molecular weight excluding hydrogens is 204 g/mol. The van der Waals surface area contributed by atoms with Crippen molar-refractivity contribution in [2.45, 2.75) is 20.3 Å². The second-order valence-corrected chi connectivity index (χ2v) is 3.27. The van der Waals surface area contributed by atoms with Crippen LogP contribution >= 0.6 is 0 Å². The number of ether oxygens (including phenoxy) is 1. The Balaban J connectivity index is 2.92. The zero-order chi connectivity index (χ0) is 12.0. The van der Waals surface area contributed by atoms with Gasteiger partial charge in [0.2, 0.25) is 5.78 Å². The van der Waals surface area contributed by atoms with Crippen LogP contribution in [0.2, 0.25) is 0 Å². The van der Waals surface area contributed by atoms with E-state index in [0.717, 1.165) is 0 Å². The normalized spacial score (nSPS) is 11.0. The maximum atomic E-state index is 11.9. The Bertz CT molecular complexity index is 404. The largest absolute Gasteiger partial charge is 0.423 e. The fraction of sp³-hybridized carbons (Fsp3) is 0.231. The minimum atomic E-state index is -0.482. The highest BCUT2D eigenvalue weighted by atomic mass is 16.5. The highest BCUT2D eigenvalue weighted by Crippen LogP contribution is 2.10. The first-order chi connectivity index (χ1) is 7.65. The number of carbonyl (C=O) groups excluding carboxylic acids is 2. The average Bonchev–Trinajstić information content (AvgIpc) is 2.28. The van der Waals surface area contributed by atoms with Gasteiger partial charge in [-0.25, -0.2) is 0 Å². The van der Waals surface area contributed by atoms with Crippen molar-refractivity contribution in [1.29, 1.82) is 0 Å². The van der Waals surface area contributed by atoms with E-state index in [9.17, 15) is 9.59 Å². The van der Waals surface area contributed by atoms with E-state index in [-0.39, 0.29) is 11.5 Å². The lowest BCUT2D eigenvalue weighted by Crippen LogP contribution is -2.10. The van der Waals surface area contributed by atoms with Crippen LogP contribution in [0.5, 0.6) is 0 Å². The SMILES string of the molecule is CC/C=C(/OC(C)=O)C(=O)c1ccccc1. The number of rotatable bonds is 4. The van der Waals surface area contributed by atoms with Gasteiger partial charge in [0.15, 0.2) is 5.76 Å². The third kappa shape index (κ3) is 3.35. The Morgan fingerprint density at radius 1 is 1.25 bits per heavy atom. The Morgan fingerprint density at radius 3 is 2.38 bits per heavy atom. The molecule has 0 saturated carbocycles. The van der Waals surface area contributed by atoms with Gasteiger partial charge >= 0.3 is 5.97 Å². The lowest BCUT2D eigenvalue weighted by Gasteiger charge is -2.05. The van der Waals surface area contributed by atoms with Gasteiger partial charge in [0, 0.05) is 12.5 Å². The van der Waals surface area contributed by atoms with Crippen molar-refractivity contribution >= 4 is 11.8 Å². The lowest BCUT2D eigenvalue weighted by molar-refractivity contribution is -0.136. The van der Waals surface area contributed by atoms with Crippen LogP contribution in [0.25, 0.3) is 0 Å². The molecule has 0 N–H and O–H groups in total. The van der Waals surface area contributed by atoms with Crippen molar-refractivity contribution in [2.75, 3.05) is 0 Å². The number of allylic oxidation sites excluding steroid dienone is 2. The van der Waals surface area contributed by atoms with Gasteiger partial charge < -0.3 is 4.74 Å². The minimum Gasteiger partial charge on any atom is -0.423 e. The van der Waals surface area contributed by atoms with Crippen LogP contribution in [0, 0.1) is 0 Å². The summed E-state index contributed by atoms with van der Waals surface area (Å²) >= 11 is 0. The second-order valence-electron chi connectivity index (χ2n) is 3.27. The lowest BCUT2D eigenvalue weighted by atomic mass is 10.1. The molecule has 0 amide bonds. The van der Waals surface area contributed by atoms with Crippen LogP contribution < -0.4 is 0 Å². The van der Waals surface area contributed by atoms with Gasteiger partial charge in [-0.2, -0.15) is 0 Å². The maximum absolute atomic E-state index is 11.9. The van der Waals surface area contributed by atoms with Gasteiger partial charge in [-0.05, 0) is 12.5 Å². The number of carbonyl (C=O) groups is 2. The summed E-state index contributed by atoms with van der Waals surface area (Å²) in [4.78, 5) is 22.8. The molecule has 0 aliphatic heterocycles. The van der Waals surface area contributed by atoms with E-state index in [0.29, 0.717) is 12.0 Å². The summed E-state index contributed by atoms with van der Waals surface area (Å²) in [5.41, 5.74) is 0.517. The van der Waals surface area contributed by atoms with E-state index in [1.54, 1.807) is 30.3 Å². The van der Waals surface area contributed by atoms with E-state index >= 15 is 0 Å². The fourth-order valence-electron chi connectivity index (χ4n) is 1.25. The predicted molar refractivity (Wildman–Crippen MR) is 60.9 cm³/mol. The standard InChI is InChI=1S/C13H14O3/c1-3-7-12(16-10(2)14)13(15)11-8-5-4-6-9-11/h4-9H,3H2,1-2H3/b12-7+. The third-order valence-electron chi connectivity index (χ3n) is 1.90. The first kappa shape index (κ1) is 12.2. The highest BCUT2D eigenvalue weighted by molar-refractivity contribution is 6.08. The molecule has 84 valence electrons. The van der Waals surface area contributed by atoms with E-state index in [1.807, 2.05) is 13.0 Å². The number of benzene rings is 1. The molecule has 3 nitrogen and oxygen atoms in total. The minimum absolute atomic E-state index is 0.0983. The number of hydrogen-bond donors (Lipinski definition) is 0. The van der Waals surface area contributed by atoms with Crippen LogP contribution in [0.1, 0.15) is 30.6 Å². The van der Waals surface area contributed by atoms with Crippen molar-refractivity contribution in [2.24, 2.45) is 0 Å². The van der Waals surface area contributed by atoms with Gasteiger partial charge in [0.25, 0.3) is 0 Å². The molecule has 0 fully saturated rings. The molecule has 0 unspecified atom stereocenters. The van der Waals surface area contributed by atoms with Gasteiger partial charge in [-0.15, -0.1) is 0 Å². The average molecular weight is 218 g/mol. The first-order valence-electron chi connectivity index (χ1n) is 5.13. The summed E-state index contributed by atoms with van der Waals surface area (Å²) in [6, 6.07) is 8.74. The molecule has 16 heavy (non-hydrogen) atoms. The fourth-order valence-corrected chi connectivity index (χ4v) is 1.25. The molecule has 0 spiro atoms. The molecule has 0 heterocycles. The summed E-state index contributed by atoms with van der Waals surface area (Å²) in [7, 11) is 0. The third-order valence-corrected chi connectivity index (χ3v) is 1.90. The molecule has 3 heteroatoms. The zero-order valence-corrected chi connectivity index (χ0v) is 9.40. The van der Waals surface area contributed by atoms with Crippen molar-refractivity contribution in [3.05, 3.63) is 47.7 Å². The highest BCUT2D eigenvalue weighted by Gasteiger charge is 2.14. The molecule has 0 bridgehead atoms. The summed E-state index contributed by atoms with van der Waals surface area (Å²) in [6.45, 7) is 3.16. The molecule has 1 rings (SSSR count). The number of hydrogen-bond acceptors (Lipinski definition) is 3. The van der Waals surface area contributed by atoms with E-state index in [4.69, 9.17) is 4.74 Å². The summed E-state index contributed by atoms with van der Waals surface area (Å²) in [5, 5.41) is 0. The number of ketones is 1. The molecule has 1 aromatic carbocycles. The van der Waals surface area contributed by atoms with Crippen molar-refractivity contribution < 1.29 is 14.3 Å². The number of Topliss-reactive ketones (excluding diaryl/α,β-unsaturated/α-hetero) is 1. The van der Waals surface area contributed by atoms with Crippen LogP contribution in [0.4, 0.5) is 0 Å². The molecule has 0 saturated heterocycles. The second kappa shape index (κ2) is 5.85. The van der Waals surface area contributed by atoms with Crippen LogP contribution in [0.3, 0.4) is 0 Å². The molecule has 0 radical (unpaired) electrons. The summed E-state index contributed by atoms with van der Waals surface area (Å²) in [5.74, 6) is -0.650. The van der Waals surface area contributed by atoms with Crippen LogP contribution in [-0.4, -0.2) is 11.8 Å². The topological polar surface area (TPSA) is 43.4 Å². The molecular formula is C13H14O3. The molecule has 0 atom stereocenters.